The first-order valence-electron chi connectivity index (χ1n) is 8.44. The first kappa shape index (κ1) is 20.1. The van der Waals surface area contributed by atoms with Crippen molar-refractivity contribution in [3.8, 4) is 10.7 Å². The molecule has 0 radical (unpaired) electrons. The number of aryl methyl sites for hydroxylation is 3. The molecule has 3 aromatic heterocycles. The van der Waals surface area contributed by atoms with Crippen LogP contribution in [0.5, 0.6) is 0 Å². The zero-order valence-electron chi connectivity index (χ0n) is 15.5. The van der Waals surface area contributed by atoms with Crippen LogP contribution in [0.25, 0.3) is 10.7 Å². The van der Waals surface area contributed by atoms with E-state index in [0.717, 1.165) is 5.56 Å². The van der Waals surface area contributed by atoms with Crippen molar-refractivity contribution >= 4 is 33.1 Å². The predicted octanol–water partition coefficient (Wildman–Crippen LogP) is 2.29. The van der Waals surface area contributed by atoms with Crippen LogP contribution in [0.4, 0.5) is 5.82 Å². The molecule has 1 amide bonds. The molecule has 0 aliphatic heterocycles. The molecular formula is C17H19N5O4S2. The van der Waals surface area contributed by atoms with Gasteiger partial charge >= 0.3 is 0 Å². The third-order valence-corrected chi connectivity index (χ3v) is 6.46. The Balaban J connectivity index is 1.68. The molecular weight excluding hydrogens is 402 g/mol. The van der Waals surface area contributed by atoms with Crippen LogP contribution >= 0.6 is 11.3 Å². The van der Waals surface area contributed by atoms with Crippen molar-refractivity contribution in [3.63, 3.8) is 0 Å². The molecule has 0 bridgehead atoms. The topological polar surface area (TPSA) is 127 Å². The molecule has 0 saturated carbocycles. The Kier molecular flexibility index (Phi) is 5.87. The second-order valence-electron chi connectivity index (χ2n) is 5.99. The molecule has 0 atom stereocenters. The van der Waals surface area contributed by atoms with Crippen LogP contribution in [-0.2, 0) is 21.2 Å². The number of rotatable bonds is 7. The maximum absolute atomic E-state index is 12.6. The van der Waals surface area contributed by atoms with E-state index in [-0.39, 0.29) is 4.90 Å². The molecule has 0 unspecified atom stereocenters. The first-order valence-corrected chi connectivity index (χ1v) is 10.7. The number of anilines is 1. The average Bonchev–Trinajstić information content (AvgIpc) is 3.29. The van der Waals surface area contributed by atoms with Gasteiger partial charge in [0.25, 0.3) is 0 Å². The summed E-state index contributed by atoms with van der Waals surface area (Å²) in [5, 5.41) is 6.40. The monoisotopic (exact) mass is 421 g/mol. The average molecular weight is 422 g/mol. The van der Waals surface area contributed by atoms with E-state index in [1.54, 1.807) is 25.3 Å². The highest BCUT2D eigenvalue weighted by atomic mass is 32.2. The molecule has 2 N–H and O–H groups in total. The minimum atomic E-state index is -3.88. The summed E-state index contributed by atoms with van der Waals surface area (Å²) in [5.41, 5.74) is 0.954. The number of hydrogen-bond acceptors (Lipinski definition) is 8. The van der Waals surface area contributed by atoms with Crippen molar-refractivity contribution < 1.29 is 17.7 Å². The third kappa shape index (κ3) is 4.61. The standard InChI is InChI=1S/C17H19N5O4S2/c1-4-16-21-17(22-26-16)12-7-13(11(3)27-12)28(24,25)19-9-15(23)20-14-6-5-10(2)8-18-14/h5-8,19H,4,9H2,1-3H3,(H,18,20,23). The molecule has 0 fully saturated rings. The number of amides is 1. The maximum Gasteiger partial charge on any atom is 0.242 e. The molecule has 0 spiro atoms. The van der Waals surface area contributed by atoms with E-state index in [2.05, 4.69) is 25.2 Å². The minimum Gasteiger partial charge on any atom is -0.339 e. The number of pyridine rings is 1. The molecule has 3 aromatic rings. The van der Waals surface area contributed by atoms with Crippen molar-refractivity contribution in [3.05, 3.63) is 40.7 Å². The number of hydrogen-bond donors (Lipinski definition) is 2. The number of sulfonamides is 1. The van der Waals surface area contributed by atoms with E-state index in [1.807, 2.05) is 13.8 Å². The van der Waals surface area contributed by atoms with E-state index in [1.165, 1.54) is 17.4 Å². The summed E-state index contributed by atoms with van der Waals surface area (Å²) in [6.45, 7) is 5.03. The van der Waals surface area contributed by atoms with Crippen molar-refractivity contribution in [1.29, 1.82) is 0 Å². The Hall–Kier alpha value is -2.63. The van der Waals surface area contributed by atoms with Crippen LogP contribution in [0.1, 0.15) is 23.3 Å². The Morgan fingerprint density at radius 2 is 2.07 bits per heavy atom. The highest BCUT2D eigenvalue weighted by Crippen LogP contribution is 2.31. The second-order valence-corrected chi connectivity index (χ2v) is 8.98. The van der Waals surface area contributed by atoms with Crippen molar-refractivity contribution in [2.24, 2.45) is 0 Å². The minimum absolute atomic E-state index is 0.0802. The van der Waals surface area contributed by atoms with E-state index in [0.29, 0.717) is 33.7 Å². The van der Waals surface area contributed by atoms with Crippen LogP contribution in [0, 0.1) is 13.8 Å². The van der Waals surface area contributed by atoms with Crippen LogP contribution in [0.15, 0.2) is 33.8 Å². The molecule has 28 heavy (non-hydrogen) atoms. The van der Waals surface area contributed by atoms with Gasteiger partial charge in [0.15, 0.2) is 0 Å². The van der Waals surface area contributed by atoms with Gasteiger partial charge in [-0.15, -0.1) is 11.3 Å². The highest BCUT2D eigenvalue weighted by Gasteiger charge is 2.23. The van der Waals surface area contributed by atoms with Gasteiger partial charge in [-0.2, -0.15) is 4.98 Å². The van der Waals surface area contributed by atoms with Crippen molar-refractivity contribution in [1.82, 2.24) is 19.8 Å². The first-order chi connectivity index (χ1) is 13.3. The van der Waals surface area contributed by atoms with Gasteiger partial charge < -0.3 is 9.84 Å². The van der Waals surface area contributed by atoms with Crippen LogP contribution in [-0.4, -0.2) is 36.0 Å². The fraction of sp³-hybridized carbons (Fsp3) is 0.294. The van der Waals surface area contributed by atoms with Gasteiger partial charge in [0.1, 0.15) is 5.82 Å². The lowest BCUT2D eigenvalue weighted by Crippen LogP contribution is -2.33. The van der Waals surface area contributed by atoms with Gasteiger partial charge in [0.05, 0.1) is 16.3 Å². The zero-order valence-corrected chi connectivity index (χ0v) is 17.1. The van der Waals surface area contributed by atoms with E-state index >= 15 is 0 Å². The maximum atomic E-state index is 12.6. The fourth-order valence-electron chi connectivity index (χ4n) is 2.31. The summed E-state index contributed by atoms with van der Waals surface area (Å²) < 4.78 is 32.6. The van der Waals surface area contributed by atoms with Gasteiger partial charge in [0, 0.05) is 17.5 Å². The molecule has 0 aliphatic rings. The normalized spacial score (nSPS) is 11.5. The molecule has 148 valence electrons. The number of carbonyl (C=O) groups is 1. The fourth-order valence-corrected chi connectivity index (χ4v) is 4.81. The Labute approximate surface area is 166 Å². The van der Waals surface area contributed by atoms with Crippen LogP contribution in [0.3, 0.4) is 0 Å². The molecule has 0 saturated heterocycles. The van der Waals surface area contributed by atoms with Gasteiger partial charge in [0.2, 0.25) is 27.6 Å². The van der Waals surface area contributed by atoms with Gasteiger partial charge in [-0.3, -0.25) is 4.79 Å². The summed E-state index contributed by atoms with van der Waals surface area (Å²) >= 11 is 1.24. The molecule has 3 rings (SSSR count). The number of carbonyl (C=O) groups excluding carboxylic acids is 1. The number of nitrogens with one attached hydrogen (secondary N) is 2. The summed E-state index contributed by atoms with van der Waals surface area (Å²) in [7, 11) is -3.88. The molecule has 0 aromatic carbocycles. The van der Waals surface area contributed by atoms with Crippen LogP contribution < -0.4 is 10.0 Å². The van der Waals surface area contributed by atoms with Crippen molar-refractivity contribution in [2.75, 3.05) is 11.9 Å². The highest BCUT2D eigenvalue weighted by molar-refractivity contribution is 7.89. The zero-order chi connectivity index (χ0) is 20.3. The van der Waals surface area contributed by atoms with E-state index in [4.69, 9.17) is 4.52 Å². The second kappa shape index (κ2) is 8.17. The Morgan fingerprint density at radius 1 is 1.29 bits per heavy atom. The lowest BCUT2D eigenvalue weighted by Gasteiger charge is -2.07. The van der Waals surface area contributed by atoms with E-state index < -0.39 is 22.5 Å². The number of nitrogens with zero attached hydrogens (tertiary/aromatic N) is 3. The number of thiophene rings is 1. The van der Waals surface area contributed by atoms with E-state index in [9.17, 15) is 13.2 Å². The largest absolute Gasteiger partial charge is 0.339 e. The summed E-state index contributed by atoms with van der Waals surface area (Å²) in [5.74, 6) is 0.658. The molecule has 0 aliphatic carbocycles. The number of aromatic nitrogens is 3. The summed E-state index contributed by atoms with van der Waals surface area (Å²) in [4.78, 5) is 21.5. The summed E-state index contributed by atoms with van der Waals surface area (Å²) in [6.07, 6.45) is 2.20. The Morgan fingerprint density at radius 3 is 2.71 bits per heavy atom. The van der Waals surface area contributed by atoms with Gasteiger partial charge in [-0.1, -0.05) is 18.1 Å². The third-order valence-electron chi connectivity index (χ3n) is 3.75. The smallest absolute Gasteiger partial charge is 0.242 e. The van der Waals surface area contributed by atoms with Gasteiger partial charge in [-0.25, -0.2) is 18.1 Å². The lowest BCUT2D eigenvalue weighted by atomic mass is 10.3. The van der Waals surface area contributed by atoms with Crippen LogP contribution in [0.2, 0.25) is 0 Å². The Bertz CT molecular complexity index is 1090. The summed E-state index contributed by atoms with van der Waals surface area (Å²) in [6, 6.07) is 4.92. The molecule has 9 nitrogen and oxygen atoms in total. The quantitative estimate of drug-likeness (QED) is 0.599. The molecule has 11 heteroatoms. The predicted molar refractivity (Wildman–Crippen MR) is 105 cm³/mol. The lowest BCUT2D eigenvalue weighted by molar-refractivity contribution is -0.115. The van der Waals surface area contributed by atoms with Gasteiger partial charge in [-0.05, 0) is 31.5 Å². The van der Waals surface area contributed by atoms with Crippen molar-refractivity contribution in [2.45, 2.75) is 32.1 Å². The molecule has 3 heterocycles. The SMILES string of the molecule is CCc1nc(-c2cc(S(=O)(=O)NCC(=O)Nc3ccc(C)cn3)c(C)s2)no1.